The Morgan fingerprint density at radius 3 is 1.78 bits per heavy atom. The van der Waals surface area contributed by atoms with Crippen molar-refractivity contribution in [2.75, 3.05) is 0 Å². The van der Waals surface area contributed by atoms with E-state index in [0.717, 1.165) is 12.8 Å². The fourth-order valence-electron chi connectivity index (χ4n) is 4.63. The molecule has 136 valence electrons. The number of hydrogen-bond acceptors (Lipinski definition) is 1. The lowest BCUT2D eigenvalue weighted by Gasteiger charge is -2.34. The van der Waals surface area contributed by atoms with E-state index in [2.05, 4.69) is 64.6 Å². The molecule has 0 saturated heterocycles. The minimum absolute atomic E-state index is 0.951. The number of benzene rings is 1. The minimum atomic E-state index is -1.95. The maximum Gasteiger partial charge on any atom is 0.0823 e. The second-order valence-electron chi connectivity index (χ2n) is 7.39. The Morgan fingerprint density at radius 1 is 0.741 bits per heavy atom. The number of hydrogen-bond donors (Lipinski definition) is 2. The highest BCUT2D eigenvalue weighted by Gasteiger charge is 2.47. The topological polar surface area (TPSA) is 31.6 Å². The number of fused-ring (bicyclic) bond motifs is 1. The number of allylic oxidation sites excluding steroid dienone is 4. The summed E-state index contributed by atoms with van der Waals surface area (Å²) in [5.74, 6) is 0. The second kappa shape index (κ2) is 6.89. The molecule has 3 heterocycles. The van der Waals surface area contributed by atoms with Crippen LogP contribution in [0.2, 0.25) is 0 Å². The Kier molecular flexibility index (Phi) is 4.38. The predicted molar refractivity (Wildman–Crippen MR) is 117 cm³/mol. The molecule has 5 rings (SSSR count). The van der Waals surface area contributed by atoms with Gasteiger partial charge in [-0.25, -0.2) is 0 Å². The molecule has 1 aromatic carbocycles. The first-order valence-electron chi connectivity index (χ1n) is 9.62. The van der Waals surface area contributed by atoms with Crippen LogP contribution in [0.3, 0.4) is 0 Å². The zero-order chi connectivity index (χ0) is 18.3. The van der Waals surface area contributed by atoms with E-state index in [1.165, 1.54) is 46.6 Å². The summed E-state index contributed by atoms with van der Waals surface area (Å²) in [6, 6.07) is 19.5. The van der Waals surface area contributed by atoms with Gasteiger partial charge in [-0.3, -0.25) is 0 Å². The van der Waals surface area contributed by atoms with Crippen LogP contribution in [0, 0.1) is 0 Å². The lowest BCUT2D eigenvalue weighted by molar-refractivity contribution is 0.923. The average Bonchev–Trinajstić information content (AvgIpc) is 3.48. The standard InChI is InChI=1S/C23H23N2PS/c27-26(19-9-2-1-3-10-19)22(15-17-7-5-13-24-17)20-11-4-12-21(20)23(26)16-18-8-6-14-25-18/h1-3,5-10,13-14,24-25H,4,11-12,15-16H2. The van der Waals surface area contributed by atoms with Crippen LogP contribution in [0.1, 0.15) is 30.7 Å². The van der Waals surface area contributed by atoms with Gasteiger partial charge in [0.2, 0.25) is 0 Å². The number of aromatic amines is 2. The van der Waals surface area contributed by atoms with Crippen molar-refractivity contribution in [3.8, 4) is 0 Å². The van der Waals surface area contributed by atoms with E-state index in [9.17, 15) is 0 Å². The Hall–Kier alpha value is -1.96. The molecule has 4 heteroatoms. The number of rotatable bonds is 5. The van der Waals surface area contributed by atoms with Crippen molar-refractivity contribution in [1.29, 1.82) is 0 Å². The van der Waals surface area contributed by atoms with E-state index < -0.39 is 6.46 Å². The molecule has 0 unspecified atom stereocenters. The lowest BCUT2D eigenvalue weighted by atomic mass is 10.1. The molecular weight excluding hydrogens is 367 g/mol. The maximum absolute atomic E-state index is 6.64. The van der Waals surface area contributed by atoms with Crippen molar-refractivity contribution >= 4 is 24.0 Å². The van der Waals surface area contributed by atoms with Gasteiger partial charge in [0, 0.05) is 36.6 Å². The third-order valence-electron chi connectivity index (χ3n) is 5.84. The largest absolute Gasteiger partial charge is 0.541 e. The van der Waals surface area contributed by atoms with Gasteiger partial charge >= 0.3 is 0 Å². The summed E-state index contributed by atoms with van der Waals surface area (Å²) in [6.07, 6.45) is 9.57. The first-order valence-corrected chi connectivity index (χ1v) is 12.4. The molecular formula is C23H23N2PS. The van der Waals surface area contributed by atoms with Gasteiger partial charge in [-0.2, -0.15) is 0 Å². The fourth-order valence-corrected chi connectivity index (χ4v) is 9.62. The van der Waals surface area contributed by atoms with Gasteiger partial charge < -0.3 is 22.2 Å². The van der Waals surface area contributed by atoms with Crippen molar-refractivity contribution in [3.63, 3.8) is 0 Å². The summed E-state index contributed by atoms with van der Waals surface area (Å²) in [6.45, 7) is -1.95. The van der Waals surface area contributed by atoms with Gasteiger partial charge in [0.15, 0.2) is 0 Å². The zero-order valence-electron chi connectivity index (χ0n) is 15.2. The molecule has 2 nitrogen and oxygen atoms in total. The van der Waals surface area contributed by atoms with Gasteiger partial charge in [0.25, 0.3) is 0 Å². The van der Waals surface area contributed by atoms with Crippen molar-refractivity contribution in [1.82, 2.24) is 9.97 Å². The summed E-state index contributed by atoms with van der Waals surface area (Å²) in [5, 5.41) is 4.40. The van der Waals surface area contributed by atoms with E-state index in [1.807, 2.05) is 12.4 Å². The van der Waals surface area contributed by atoms with Gasteiger partial charge in [-0.15, -0.1) is 0 Å². The Labute approximate surface area is 166 Å². The molecule has 0 amide bonds. The molecule has 2 aromatic heterocycles. The van der Waals surface area contributed by atoms with Crippen molar-refractivity contribution in [3.05, 3.63) is 100 Å². The summed E-state index contributed by atoms with van der Waals surface area (Å²) >= 11 is 6.64. The zero-order valence-corrected chi connectivity index (χ0v) is 17.0. The highest BCUT2D eigenvalue weighted by molar-refractivity contribution is 8.48. The minimum Gasteiger partial charge on any atom is -0.541 e. The molecule has 1 saturated carbocycles. The summed E-state index contributed by atoms with van der Waals surface area (Å²) in [7, 11) is 0. The van der Waals surface area contributed by atoms with Crippen LogP contribution >= 0.6 is 6.46 Å². The smallest absolute Gasteiger partial charge is 0.0823 e. The molecule has 2 N–H and O–H groups in total. The molecule has 0 spiro atoms. The quantitative estimate of drug-likeness (QED) is 0.429. The van der Waals surface area contributed by atoms with Crippen LogP contribution in [-0.2, 0) is 25.1 Å². The van der Waals surface area contributed by atoms with Crippen molar-refractivity contribution < 1.29 is 0 Å². The van der Waals surface area contributed by atoms with E-state index in [1.54, 1.807) is 11.1 Å². The van der Waals surface area contributed by atoms with E-state index in [-0.39, 0.29) is 0 Å². The van der Waals surface area contributed by atoms with E-state index >= 15 is 0 Å². The summed E-state index contributed by atoms with van der Waals surface area (Å²) in [4.78, 5) is 6.81. The van der Waals surface area contributed by atoms with Gasteiger partial charge in [0.05, 0.1) is 15.9 Å². The summed E-state index contributed by atoms with van der Waals surface area (Å²) in [5.41, 5.74) is 5.71. The molecule has 1 aliphatic heterocycles. The van der Waals surface area contributed by atoms with Crippen LogP contribution in [0.5, 0.6) is 0 Å². The highest BCUT2D eigenvalue weighted by Crippen LogP contribution is 2.77. The van der Waals surface area contributed by atoms with Crippen molar-refractivity contribution in [2.45, 2.75) is 32.1 Å². The molecule has 2 aliphatic rings. The van der Waals surface area contributed by atoms with Crippen LogP contribution in [0.4, 0.5) is 0 Å². The Morgan fingerprint density at radius 2 is 1.30 bits per heavy atom. The first-order chi connectivity index (χ1) is 13.3. The van der Waals surface area contributed by atoms with E-state index in [4.69, 9.17) is 12.2 Å². The molecule has 0 radical (unpaired) electrons. The molecule has 1 aliphatic carbocycles. The Bertz CT molecular complexity index is 938. The molecule has 3 aromatic rings. The van der Waals surface area contributed by atoms with Crippen LogP contribution in [-0.4, -0.2) is 9.97 Å². The van der Waals surface area contributed by atoms with Gasteiger partial charge in [-0.05, 0) is 73.3 Å². The fraction of sp³-hybridized carbons (Fsp3) is 0.217. The van der Waals surface area contributed by atoms with Crippen molar-refractivity contribution in [2.24, 2.45) is 0 Å². The van der Waals surface area contributed by atoms with Gasteiger partial charge in [-0.1, -0.05) is 18.2 Å². The normalized spacial score (nSPS) is 18.4. The van der Waals surface area contributed by atoms with Gasteiger partial charge in [0.1, 0.15) is 0 Å². The Balaban J connectivity index is 1.67. The third-order valence-corrected chi connectivity index (χ3v) is 11.2. The van der Waals surface area contributed by atoms with Crippen LogP contribution in [0.25, 0.3) is 0 Å². The average molecular weight is 390 g/mol. The number of nitrogens with one attached hydrogen (secondary N) is 2. The SMILES string of the molecule is [S-][P+]1(c2ccccc2)C(Cc2ccc[nH]2)=C2CCCC2=C1Cc1ccc[nH]1. The monoisotopic (exact) mass is 390 g/mol. The highest BCUT2D eigenvalue weighted by atomic mass is 32.7. The van der Waals surface area contributed by atoms with Crippen LogP contribution < -0.4 is 5.30 Å². The molecule has 0 bridgehead atoms. The lowest BCUT2D eigenvalue weighted by Crippen LogP contribution is -2.14. The van der Waals surface area contributed by atoms with E-state index in [0.29, 0.717) is 0 Å². The third kappa shape index (κ3) is 2.85. The second-order valence-corrected chi connectivity index (χ2v) is 11.9. The molecule has 1 fully saturated rings. The predicted octanol–water partition coefficient (Wildman–Crippen LogP) is 5.64. The summed E-state index contributed by atoms with van der Waals surface area (Å²) < 4.78 is 0. The van der Waals surface area contributed by atoms with Crippen LogP contribution in [0.15, 0.2) is 88.8 Å². The molecule has 27 heavy (non-hydrogen) atoms. The number of H-pyrrole nitrogens is 2. The maximum atomic E-state index is 6.64. The molecule has 0 atom stereocenters. The number of aromatic nitrogens is 2. The first kappa shape index (κ1) is 17.2.